The van der Waals surface area contributed by atoms with Crippen LogP contribution >= 0.6 is 23.5 Å². The van der Waals surface area contributed by atoms with Crippen LogP contribution in [0.25, 0.3) is 11.3 Å². The molecule has 2 N–H and O–H groups in total. The van der Waals surface area contributed by atoms with Crippen molar-refractivity contribution < 1.29 is 9.13 Å². The van der Waals surface area contributed by atoms with E-state index in [-0.39, 0.29) is 5.75 Å². The second-order valence-electron chi connectivity index (χ2n) is 9.94. The quantitative estimate of drug-likeness (QED) is 0.234. The number of rotatable bonds is 8. The zero-order valence-corrected chi connectivity index (χ0v) is 22.3. The number of aromatic nitrogens is 3. The highest BCUT2D eigenvalue weighted by Gasteiger charge is 2.51. The monoisotopic (exact) mass is 548 g/mol. The van der Waals surface area contributed by atoms with Gasteiger partial charge in [-0.1, -0.05) is 23.7 Å². The first-order valence-electron chi connectivity index (χ1n) is 12.3. The Balaban J connectivity index is 1.14. The van der Waals surface area contributed by atoms with Crippen LogP contribution in [0.5, 0.6) is 11.5 Å². The maximum atomic E-state index is 15.0. The Labute approximate surface area is 230 Å². The Morgan fingerprint density at radius 1 is 1.08 bits per heavy atom. The number of likely N-dealkylation sites (tertiary alicyclic amines) is 1. The summed E-state index contributed by atoms with van der Waals surface area (Å²) >= 11 is 7.51. The molecule has 1 spiro atoms. The molecule has 1 saturated carbocycles. The molecule has 2 aliphatic rings. The van der Waals surface area contributed by atoms with E-state index in [9.17, 15) is 4.39 Å². The fourth-order valence-electron chi connectivity index (χ4n) is 5.28. The molecular formula is C28H26ClFN6OS. The smallest absolute Gasteiger partial charge is 0.223 e. The van der Waals surface area contributed by atoms with E-state index in [0.29, 0.717) is 45.1 Å². The summed E-state index contributed by atoms with van der Waals surface area (Å²) in [4.78, 5) is 16.5. The standard InChI is InChI=1S/C28H26ClFN6OS/c1-36-16-28(17-36)13-19(14-28)33-27-32-11-8-23(34-27)20-15-31-10-9-24(20)37-25-7-6-18(12-22(25)30)35-38-26-5-3-2-4-21(26)29/h2-12,15,19,35H,13-14,16-17H2,1H3,(H,32,33,34). The molecule has 38 heavy (non-hydrogen) atoms. The lowest BCUT2D eigenvalue weighted by Gasteiger charge is -2.58. The molecule has 2 aromatic heterocycles. The number of ether oxygens (including phenoxy) is 1. The second-order valence-corrected chi connectivity index (χ2v) is 11.2. The molecule has 1 aliphatic heterocycles. The first-order chi connectivity index (χ1) is 18.5. The summed E-state index contributed by atoms with van der Waals surface area (Å²) < 4.78 is 24.1. The highest BCUT2D eigenvalue weighted by Crippen LogP contribution is 2.48. The van der Waals surface area contributed by atoms with E-state index < -0.39 is 5.82 Å². The molecule has 0 unspecified atom stereocenters. The van der Waals surface area contributed by atoms with Crippen LogP contribution in [0.4, 0.5) is 16.0 Å². The minimum Gasteiger partial charge on any atom is -0.453 e. The highest BCUT2D eigenvalue weighted by molar-refractivity contribution is 8.00. The van der Waals surface area contributed by atoms with Gasteiger partial charge in [0.05, 0.1) is 16.3 Å². The van der Waals surface area contributed by atoms with E-state index in [2.05, 4.69) is 32.0 Å². The molecule has 1 aliphatic carbocycles. The number of pyridine rings is 1. The Kier molecular flexibility index (Phi) is 6.82. The summed E-state index contributed by atoms with van der Waals surface area (Å²) in [5.74, 6) is 0.628. The molecule has 2 aromatic carbocycles. The lowest BCUT2D eigenvalue weighted by atomic mass is 9.61. The van der Waals surface area contributed by atoms with Crippen LogP contribution in [-0.2, 0) is 0 Å². The molecule has 1 saturated heterocycles. The Morgan fingerprint density at radius 2 is 1.92 bits per heavy atom. The van der Waals surface area contributed by atoms with Gasteiger partial charge < -0.3 is 19.7 Å². The van der Waals surface area contributed by atoms with Gasteiger partial charge in [-0.25, -0.2) is 14.4 Å². The summed E-state index contributed by atoms with van der Waals surface area (Å²) in [6, 6.07) is 16.1. The Bertz CT molecular complexity index is 1460. The average Bonchev–Trinajstić information content (AvgIpc) is 2.88. The van der Waals surface area contributed by atoms with E-state index in [4.69, 9.17) is 21.3 Å². The molecule has 0 amide bonds. The van der Waals surface area contributed by atoms with Gasteiger partial charge in [-0.3, -0.25) is 4.98 Å². The van der Waals surface area contributed by atoms with Gasteiger partial charge in [-0.2, -0.15) is 0 Å². The van der Waals surface area contributed by atoms with Crippen molar-refractivity contribution in [3.05, 3.63) is 84.0 Å². The van der Waals surface area contributed by atoms with Gasteiger partial charge in [-0.05, 0) is 73.7 Å². The van der Waals surface area contributed by atoms with Crippen molar-refractivity contribution in [2.24, 2.45) is 5.41 Å². The number of hydrogen-bond acceptors (Lipinski definition) is 8. The lowest BCUT2D eigenvalue weighted by Crippen LogP contribution is -2.63. The fraction of sp³-hybridized carbons (Fsp3) is 0.250. The van der Waals surface area contributed by atoms with Crippen LogP contribution in [-0.4, -0.2) is 46.0 Å². The maximum absolute atomic E-state index is 15.0. The highest BCUT2D eigenvalue weighted by atomic mass is 35.5. The van der Waals surface area contributed by atoms with Gasteiger partial charge in [-0.15, -0.1) is 0 Å². The van der Waals surface area contributed by atoms with Crippen LogP contribution in [0.1, 0.15) is 12.8 Å². The van der Waals surface area contributed by atoms with Crippen LogP contribution in [0.3, 0.4) is 0 Å². The van der Waals surface area contributed by atoms with Crippen molar-refractivity contribution in [1.29, 1.82) is 0 Å². The molecule has 194 valence electrons. The molecule has 6 rings (SSSR count). The van der Waals surface area contributed by atoms with E-state index >= 15 is 0 Å². The fourth-order valence-corrected chi connectivity index (χ4v) is 6.19. The van der Waals surface area contributed by atoms with Crippen molar-refractivity contribution in [1.82, 2.24) is 19.9 Å². The molecule has 2 fully saturated rings. The van der Waals surface area contributed by atoms with Gasteiger partial charge in [0.25, 0.3) is 0 Å². The third-order valence-electron chi connectivity index (χ3n) is 6.88. The lowest BCUT2D eigenvalue weighted by molar-refractivity contribution is -0.0514. The van der Waals surface area contributed by atoms with Crippen LogP contribution < -0.4 is 14.8 Å². The number of nitrogens with zero attached hydrogens (tertiary/aromatic N) is 4. The van der Waals surface area contributed by atoms with Crippen molar-refractivity contribution in [3.8, 4) is 22.8 Å². The molecule has 0 radical (unpaired) electrons. The number of anilines is 2. The summed E-state index contributed by atoms with van der Waals surface area (Å²) in [6.45, 7) is 2.33. The molecule has 7 nitrogen and oxygen atoms in total. The zero-order valence-electron chi connectivity index (χ0n) is 20.7. The molecule has 0 bridgehead atoms. The minimum absolute atomic E-state index is 0.100. The Hall–Kier alpha value is -3.40. The van der Waals surface area contributed by atoms with Gasteiger partial charge in [0.2, 0.25) is 5.95 Å². The predicted octanol–water partition coefficient (Wildman–Crippen LogP) is 6.75. The predicted molar refractivity (Wildman–Crippen MR) is 149 cm³/mol. The first kappa shape index (κ1) is 24.9. The van der Waals surface area contributed by atoms with Gasteiger partial charge >= 0.3 is 0 Å². The van der Waals surface area contributed by atoms with Crippen molar-refractivity contribution in [3.63, 3.8) is 0 Å². The van der Waals surface area contributed by atoms with Gasteiger partial charge in [0.1, 0.15) is 5.75 Å². The van der Waals surface area contributed by atoms with Gasteiger partial charge in [0.15, 0.2) is 11.6 Å². The van der Waals surface area contributed by atoms with Crippen molar-refractivity contribution >= 4 is 35.2 Å². The first-order valence-corrected chi connectivity index (χ1v) is 13.5. The average molecular weight is 549 g/mol. The minimum atomic E-state index is -0.497. The van der Waals surface area contributed by atoms with E-state index in [1.807, 2.05) is 24.3 Å². The Morgan fingerprint density at radius 3 is 2.71 bits per heavy atom. The summed E-state index contributed by atoms with van der Waals surface area (Å²) in [6.07, 6.45) is 7.25. The number of nitrogens with one attached hydrogen (secondary N) is 2. The topological polar surface area (TPSA) is 75.2 Å². The molecule has 10 heteroatoms. The third-order valence-corrected chi connectivity index (χ3v) is 8.24. The summed E-state index contributed by atoms with van der Waals surface area (Å²) in [5, 5.41) is 4.09. The molecule has 0 atom stereocenters. The van der Waals surface area contributed by atoms with E-state index in [1.165, 1.54) is 18.0 Å². The van der Waals surface area contributed by atoms with E-state index in [0.717, 1.165) is 30.8 Å². The molecular weight excluding hydrogens is 523 g/mol. The number of benzene rings is 2. The summed E-state index contributed by atoms with van der Waals surface area (Å²) in [7, 11) is 2.16. The van der Waals surface area contributed by atoms with Crippen LogP contribution in [0.2, 0.25) is 5.02 Å². The maximum Gasteiger partial charge on any atom is 0.223 e. The van der Waals surface area contributed by atoms with Gasteiger partial charge in [0, 0.05) is 54.4 Å². The molecule has 3 heterocycles. The summed E-state index contributed by atoms with van der Waals surface area (Å²) in [5.41, 5.74) is 2.36. The third kappa shape index (κ3) is 5.27. The van der Waals surface area contributed by atoms with Crippen molar-refractivity contribution in [2.45, 2.75) is 23.8 Å². The zero-order chi connectivity index (χ0) is 26.1. The largest absolute Gasteiger partial charge is 0.453 e. The van der Waals surface area contributed by atoms with E-state index in [1.54, 1.807) is 42.9 Å². The van der Waals surface area contributed by atoms with Crippen molar-refractivity contribution in [2.75, 3.05) is 30.2 Å². The number of halogens is 2. The number of hydrogen-bond donors (Lipinski definition) is 2. The van der Waals surface area contributed by atoms with Crippen LogP contribution in [0.15, 0.2) is 78.1 Å². The SMILES string of the molecule is CN1CC2(CC(Nc3nccc(-c4cnccc4Oc4ccc(NSc5ccccc5Cl)cc4F)n3)C2)C1. The second kappa shape index (κ2) is 10.4. The van der Waals surface area contributed by atoms with Crippen LogP contribution in [0, 0.1) is 11.2 Å². The normalized spacial score (nSPS) is 16.5. The molecule has 4 aromatic rings.